The number of amides is 2. The van der Waals surface area contributed by atoms with E-state index in [0.717, 1.165) is 12.8 Å². The third kappa shape index (κ3) is 2.60. The summed E-state index contributed by atoms with van der Waals surface area (Å²) in [6, 6.07) is 3.14. The summed E-state index contributed by atoms with van der Waals surface area (Å²) in [4.78, 5) is 25.1. The zero-order valence-corrected chi connectivity index (χ0v) is 12.4. The smallest absolute Gasteiger partial charge is 0.287 e. The number of β-amino-alcohol motifs (C(OH)–C–C–N with tert-alkyl or cyclic N) is 1. The Labute approximate surface area is 124 Å². The SMILES string of the molecule is O=C(NCC(=O)N1CC(O)(C2CC2)C1)c1ccc(Br)o1. The van der Waals surface area contributed by atoms with Crippen LogP contribution in [0.25, 0.3) is 0 Å². The average molecular weight is 343 g/mol. The van der Waals surface area contributed by atoms with Crippen LogP contribution in [0, 0.1) is 5.92 Å². The van der Waals surface area contributed by atoms with E-state index in [-0.39, 0.29) is 18.2 Å². The molecule has 1 aliphatic heterocycles. The van der Waals surface area contributed by atoms with Crippen LogP contribution >= 0.6 is 15.9 Å². The van der Waals surface area contributed by atoms with Gasteiger partial charge in [-0.25, -0.2) is 0 Å². The number of aliphatic hydroxyl groups is 1. The Morgan fingerprint density at radius 1 is 1.45 bits per heavy atom. The van der Waals surface area contributed by atoms with E-state index < -0.39 is 11.5 Å². The minimum absolute atomic E-state index is 0.0854. The molecule has 0 atom stereocenters. The van der Waals surface area contributed by atoms with Crippen molar-refractivity contribution in [1.82, 2.24) is 10.2 Å². The molecule has 2 amide bonds. The van der Waals surface area contributed by atoms with Gasteiger partial charge < -0.3 is 19.7 Å². The molecule has 1 saturated carbocycles. The first kappa shape index (κ1) is 13.6. The summed E-state index contributed by atoms with van der Waals surface area (Å²) in [6.45, 7) is 0.662. The van der Waals surface area contributed by atoms with Gasteiger partial charge in [-0.2, -0.15) is 0 Å². The molecule has 1 saturated heterocycles. The molecule has 3 rings (SSSR count). The lowest BCUT2D eigenvalue weighted by molar-refractivity contribution is -0.158. The molecular formula is C13H15BrN2O4. The van der Waals surface area contributed by atoms with E-state index in [1.54, 1.807) is 11.0 Å². The molecule has 108 valence electrons. The fraction of sp³-hybridized carbons (Fsp3) is 0.538. The topological polar surface area (TPSA) is 82.8 Å². The van der Waals surface area contributed by atoms with Gasteiger partial charge in [-0.15, -0.1) is 0 Å². The number of nitrogens with one attached hydrogen (secondary N) is 1. The maximum atomic E-state index is 11.9. The Balaban J connectivity index is 1.45. The lowest BCUT2D eigenvalue weighted by Gasteiger charge is -2.47. The zero-order chi connectivity index (χ0) is 14.3. The van der Waals surface area contributed by atoms with Gasteiger partial charge in [0.15, 0.2) is 10.4 Å². The summed E-state index contributed by atoms with van der Waals surface area (Å²) < 4.78 is 5.55. The maximum absolute atomic E-state index is 11.9. The number of furan rings is 1. The van der Waals surface area contributed by atoms with Crippen molar-refractivity contribution < 1.29 is 19.1 Å². The van der Waals surface area contributed by atoms with Gasteiger partial charge in [-0.1, -0.05) is 0 Å². The number of halogens is 1. The zero-order valence-electron chi connectivity index (χ0n) is 10.8. The fourth-order valence-electron chi connectivity index (χ4n) is 2.46. The lowest BCUT2D eigenvalue weighted by atomic mass is 9.89. The minimum Gasteiger partial charge on any atom is -0.444 e. The van der Waals surface area contributed by atoms with Crippen LogP contribution in [-0.4, -0.2) is 47.1 Å². The predicted molar refractivity (Wildman–Crippen MR) is 73.0 cm³/mol. The number of nitrogens with zero attached hydrogens (tertiary/aromatic N) is 1. The van der Waals surface area contributed by atoms with E-state index in [1.165, 1.54) is 6.07 Å². The summed E-state index contributed by atoms with van der Waals surface area (Å²) in [6.07, 6.45) is 2.09. The second-order valence-electron chi connectivity index (χ2n) is 5.41. The second-order valence-corrected chi connectivity index (χ2v) is 6.20. The van der Waals surface area contributed by atoms with Gasteiger partial charge in [0.05, 0.1) is 19.6 Å². The molecule has 0 unspecified atom stereocenters. The normalized spacial score (nSPS) is 20.4. The molecule has 0 aromatic carbocycles. The van der Waals surface area contributed by atoms with Crippen molar-refractivity contribution in [2.24, 2.45) is 5.92 Å². The van der Waals surface area contributed by atoms with Gasteiger partial charge >= 0.3 is 0 Å². The molecule has 7 heteroatoms. The van der Waals surface area contributed by atoms with Gasteiger partial charge in [0.25, 0.3) is 5.91 Å². The number of carbonyl (C=O) groups excluding carboxylic acids is 2. The summed E-state index contributed by atoms with van der Waals surface area (Å²) in [5, 5.41) is 12.6. The highest BCUT2D eigenvalue weighted by Crippen LogP contribution is 2.44. The molecule has 2 fully saturated rings. The molecule has 0 spiro atoms. The van der Waals surface area contributed by atoms with Gasteiger partial charge in [0.2, 0.25) is 5.91 Å². The van der Waals surface area contributed by atoms with Crippen molar-refractivity contribution in [3.05, 3.63) is 22.6 Å². The first-order chi connectivity index (χ1) is 9.48. The van der Waals surface area contributed by atoms with Gasteiger partial charge in [-0.3, -0.25) is 9.59 Å². The molecular weight excluding hydrogens is 328 g/mol. The van der Waals surface area contributed by atoms with Crippen molar-refractivity contribution in [2.75, 3.05) is 19.6 Å². The molecule has 2 N–H and O–H groups in total. The molecule has 0 bridgehead atoms. The average Bonchev–Trinajstić information content (AvgIpc) is 3.14. The monoisotopic (exact) mass is 342 g/mol. The van der Waals surface area contributed by atoms with Gasteiger partial charge in [0.1, 0.15) is 5.60 Å². The second kappa shape index (κ2) is 4.89. The Morgan fingerprint density at radius 2 is 2.15 bits per heavy atom. The van der Waals surface area contributed by atoms with E-state index in [0.29, 0.717) is 23.7 Å². The highest BCUT2D eigenvalue weighted by Gasteiger charge is 2.53. The Kier molecular flexibility index (Phi) is 3.33. The van der Waals surface area contributed by atoms with Crippen LogP contribution in [0.5, 0.6) is 0 Å². The molecule has 2 aliphatic rings. The number of hydrogen-bond acceptors (Lipinski definition) is 4. The quantitative estimate of drug-likeness (QED) is 0.846. The van der Waals surface area contributed by atoms with E-state index in [1.807, 2.05) is 0 Å². The molecule has 20 heavy (non-hydrogen) atoms. The third-order valence-corrected chi connectivity index (χ3v) is 4.24. The molecule has 1 aromatic heterocycles. The van der Waals surface area contributed by atoms with Crippen LogP contribution in [0.3, 0.4) is 0 Å². The van der Waals surface area contributed by atoms with Crippen LogP contribution in [0.2, 0.25) is 0 Å². The standard InChI is InChI=1S/C13H15BrN2O4/c14-10-4-3-9(20-10)12(18)15-5-11(17)16-6-13(19,7-16)8-1-2-8/h3-4,8,19H,1-2,5-7H2,(H,15,18). The summed E-state index contributed by atoms with van der Waals surface area (Å²) >= 11 is 3.11. The highest BCUT2D eigenvalue weighted by atomic mass is 79.9. The van der Waals surface area contributed by atoms with Crippen molar-refractivity contribution in [1.29, 1.82) is 0 Å². The number of carbonyl (C=O) groups is 2. The minimum atomic E-state index is -0.689. The number of hydrogen-bond donors (Lipinski definition) is 2. The molecule has 6 nitrogen and oxygen atoms in total. The van der Waals surface area contributed by atoms with Crippen molar-refractivity contribution in [3.63, 3.8) is 0 Å². The van der Waals surface area contributed by atoms with Crippen LogP contribution in [0.15, 0.2) is 21.2 Å². The van der Waals surface area contributed by atoms with Gasteiger partial charge in [0, 0.05) is 0 Å². The molecule has 0 radical (unpaired) electrons. The van der Waals surface area contributed by atoms with E-state index in [4.69, 9.17) is 4.42 Å². The summed E-state index contributed by atoms with van der Waals surface area (Å²) in [5.74, 6) is -0.110. The Hall–Kier alpha value is -1.34. The summed E-state index contributed by atoms with van der Waals surface area (Å²) in [5.41, 5.74) is -0.689. The van der Waals surface area contributed by atoms with E-state index in [9.17, 15) is 14.7 Å². The Morgan fingerprint density at radius 3 is 2.70 bits per heavy atom. The highest BCUT2D eigenvalue weighted by molar-refractivity contribution is 9.10. The first-order valence-corrected chi connectivity index (χ1v) is 7.31. The predicted octanol–water partition coefficient (Wildman–Crippen LogP) is 0.755. The largest absolute Gasteiger partial charge is 0.444 e. The van der Waals surface area contributed by atoms with Gasteiger partial charge in [-0.05, 0) is 46.8 Å². The molecule has 1 aromatic rings. The molecule has 1 aliphatic carbocycles. The van der Waals surface area contributed by atoms with Crippen molar-refractivity contribution in [2.45, 2.75) is 18.4 Å². The Bertz CT molecular complexity index is 546. The van der Waals surface area contributed by atoms with E-state index in [2.05, 4.69) is 21.2 Å². The summed E-state index contributed by atoms with van der Waals surface area (Å²) in [7, 11) is 0. The van der Waals surface area contributed by atoms with Crippen LogP contribution < -0.4 is 5.32 Å². The fourth-order valence-corrected chi connectivity index (χ4v) is 2.77. The lowest BCUT2D eigenvalue weighted by Crippen LogP contribution is -2.65. The maximum Gasteiger partial charge on any atom is 0.287 e. The van der Waals surface area contributed by atoms with Crippen LogP contribution in [-0.2, 0) is 4.79 Å². The van der Waals surface area contributed by atoms with Crippen LogP contribution in [0.1, 0.15) is 23.4 Å². The molecule has 2 heterocycles. The van der Waals surface area contributed by atoms with E-state index >= 15 is 0 Å². The van der Waals surface area contributed by atoms with Crippen molar-refractivity contribution in [3.8, 4) is 0 Å². The van der Waals surface area contributed by atoms with Crippen molar-refractivity contribution >= 4 is 27.7 Å². The third-order valence-electron chi connectivity index (χ3n) is 3.82. The number of rotatable bonds is 4. The number of likely N-dealkylation sites (tertiary alicyclic amines) is 1. The van der Waals surface area contributed by atoms with Crippen LogP contribution in [0.4, 0.5) is 0 Å². The first-order valence-electron chi connectivity index (χ1n) is 6.52.